The van der Waals surface area contributed by atoms with Crippen LogP contribution in [0.5, 0.6) is 0 Å². The van der Waals surface area contributed by atoms with Crippen LogP contribution in [0.1, 0.15) is 37.7 Å². The Morgan fingerprint density at radius 1 is 1.55 bits per heavy atom. The van der Waals surface area contributed by atoms with Gasteiger partial charge in [0.15, 0.2) is 0 Å². The van der Waals surface area contributed by atoms with Crippen LogP contribution in [0.15, 0.2) is 24.4 Å². The van der Waals surface area contributed by atoms with Crippen LogP contribution < -0.4 is 5.32 Å². The van der Waals surface area contributed by atoms with Gasteiger partial charge in [-0.3, -0.25) is 9.78 Å². The van der Waals surface area contributed by atoms with Gasteiger partial charge in [0.25, 0.3) is 5.91 Å². The number of nitrogens with one attached hydrogen (secondary N) is 1. The number of amides is 1. The van der Waals surface area contributed by atoms with Crippen LogP contribution in [0, 0.1) is 5.41 Å². The Morgan fingerprint density at radius 3 is 2.85 bits per heavy atom. The summed E-state index contributed by atoms with van der Waals surface area (Å²) in [5.74, 6) is -0.269. The van der Waals surface area contributed by atoms with E-state index in [0.717, 1.165) is 0 Å². The minimum Gasteiger partial charge on any atom is -0.387 e. The second-order valence-electron chi connectivity index (χ2n) is 5.80. The SMILES string of the molecule is CCOC1CC(O)(CNC(=O)c2ccccn2)C1(C)C. The van der Waals surface area contributed by atoms with Crippen molar-refractivity contribution in [3.05, 3.63) is 30.1 Å². The molecular formula is C15H22N2O3. The molecule has 1 heterocycles. The zero-order valence-electron chi connectivity index (χ0n) is 12.2. The normalized spacial score (nSPS) is 27.7. The topological polar surface area (TPSA) is 71.5 Å². The van der Waals surface area contributed by atoms with Crippen LogP contribution in [0.4, 0.5) is 0 Å². The Labute approximate surface area is 119 Å². The van der Waals surface area contributed by atoms with Gasteiger partial charge in [-0.2, -0.15) is 0 Å². The predicted octanol–water partition coefficient (Wildman–Crippen LogP) is 1.38. The highest BCUT2D eigenvalue weighted by molar-refractivity contribution is 5.92. The summed E-state index contributed by atoms with van der Waals surface area (Å²) in [6.45, 7) is 6.70. The van der Waals surface area contributed by atoms with E-state index in [1.165, 1.54) is 0 Å². The third kappa shape index (κ3) is 2.55. The van der Waals surface area contributed by atoms with E-state index in [-0.39, 0.29) is 24.0 Å². The van der Waals surface area contributed by atoms with E-state index in [9.17, 15) is 9.90 Å². The average molecular weight is 278 g/mol. The smallest absolute Gasteiger partial charge is 0.269 e. The van der Waals surface area contributed by atoms with E-state index in [4.69, 9.17) is 4.74 Å². The molecular weight excluding hydrogens is 256 g/mol. The molecule has 1 amide bonds. The first-order valence-electron chi connectivity index (χ1n) is 6.94. The molecule has 110 valence electrons. The molecule has 5 nitrogen and oxygen atoms in total. The lowest BCUT2D eigenvalue weighted by Gasteiger charge is -2.57. The van der Waals surface area contributed by atoms with Gasteiger partial charge in [0.05, 0.1) is 11.7 Å². The fraction of sp³-hybridized carbons (Fsp3) is 0.600. The fourth-order valence-electron chi connectivity index (χ4n) is 2.58. The summed E-state index contributed by atoms with van der Waals surface area (Å²) in [7, 11) is 0. The number of ether oxygens (including phenoxy) is 1. The molecule has 2 rings (SSSR count). The molecule has 0 saturated heterocycles. The molecule has 1 saturated carbocycles. The number of hydrogen-bond donors (Lipinski definition) is 2. The number of aliphatic hydroxyl groups is 1. The lowest BCUT2D eigenvalue weighted by Crippen LogP contribution is -2.68. The molecule has 2 atom stereocenters. The summed E-state index contributed by atoms with van der Waals surface area (Å²) in [6, 6.07) is 5.16. The molecule has 0 aromatic carbocycles. The molecule has 1 aliphatic carbocycles. The monoisotopic (exact) mass is 278 g/mol. The van der Waals surface area contributed by atoms with E-state index in [0.29, 0.717) is 18.7 Å². The van der Waals surface area contributed by atoms with E-state index in [1.54, 1.807) is 24.4 Å². The maximum absolute atomic E-state index is 11.9. The molecule has 1 aliphatic rings. The number of carbonyl (C=O) groups is 1. The van der Waals surface area contributed by atoms with Crippen LogP contribution >= 0.6 is 0 Å². The Kier molecular flexibility index (Phi) is 4.11. The number of rotatable bonds is 5. The van der Waals surface area contributed by atoms with Crippen molar-refractivity contribution in [2.45, 2.75) is 38.9 Å². The fourth-order valence-corrected chi connectivity index (χ4v) is 2.58. The standard InChI is InChI=1S/C15H22N2O3/c1-4-20-12-9-15(19,14(12,2)3)10-17-13(18)11-7-5-6-8-16-11/h5-8,12,19H,4,9-10H2,1-3H3,(H,17,18). The summed E-state index contributed by atoms with van der Waals surface area (Å²) in [5.41, 5.74) is -0.952. The first-order valence-corrected chi connectivity index (χ1v) is 6.94. The number of hydrogen-bond acceptors (Lipinski definition) is 4. The van der Waals surface area contributed by atoms with Crippen LogP contribution in [0.2, 0.25) is 0 Å². The van der Waals surface area contributed by atoms with Gasteiger partial charge in [-0.1, -0.05) is 19.9 Å². The Morgan fingerprint density at radius 2 is 2.30 bits per heavy atom. The van der Waals surface area contributed by atoms with E-state index in [1.807, 2.05) is 20.8 Å². The van der Waals surface area contributed by atoms with Gasteiger partial charge in [0.1, 0.15) is 5.69 Å². The molecule has 20 heavy (non-hydrogen) atoms. The van der Waals surface area contributed by atoms with E-state index >= 15 is 0 Å². The molecule has 5 heteroatoms. The summed E-state index contributed by atoms with van der Waals surface area (Å²) in [6.07, 6.45) is 2.14. The molecule has 0 radical (unpaired) electrons. The molecule has 2 unspecified atom stereocenters. The molecule has 2 N–H and O–H groups in total. The zero-order valence-corrected chi connectivity index (χ0v) is 12.2. The van der Waals surface area contributed by atoms with Crippen molar-refractivity contribution in [2.75, 3.05) is 13.2 Å². The van der Waals surface area contributed by atoms with Crippen LogP contribution in [0.3, 0.4) is 0 Å². The number of pyridine rings is 1. The second-order valence-corrected chi connectivity index (χ2v) is 5.80. The number of nitrogens with zero attached hydrogens (tertiary/aromatic N) is 1. The summed E-state index contributed by atoms with van der Waals surface area (Å²) < 4.78 is 5.59. The third-order valence-corrected chi connectivity index (χ3v) is 4.33. The molecule has 1 aromatic heterocycles. The zero-order chi connectivity index (χ0) is 14.8. The minimum absolute atomic E-state index is 0.0317. The first-order chi connectivity index (χ1) is 9.40. The van der Waals surface area contributed by atoms with Crippen LogP contribution in [0.25, 0.3) is 0 Å². The largest absolute Gasteiger partial charge is 0.387 e. The van der Waals surface area contributed by atoms with Crippen molar-refractivity contribution in [3.8, 4) is 0 Å². The predicted molar refractivity (Wildman–Crippen MR) is 75.3 cm³/mol. The van der Waals surface area contributed by atoms with Gasteiger partial charge in [-0.15, -0.1) is 0 Å². The maximum atomic E-state index is 11.9. The van der Waals surface area contributed by atoms with Gasteiger partial charge in [0, 0.05) is 31.2 Å². The summed E-state index contributed by atoms with van der Waals surface area (Å²) >= 11 is 0. The highest BCUT2D eigenvalue weighted by Gasteiger charge is 2.59. The maximum Gasteiger partial charge on any atom is 0.269 e. The second kappa shape index (κ2) is 5.50. The van der Waals surface area contributed by atoms with Gasteiger partial charge in [0.2, 0.25) is 0 Å². The molecule has 1 fully saturated rings. The quantitative estimate of drug-likeness (QED) is 0.853. The van der Waals surface area contributed by atoms with Crippen LogP contribution in [-0.2, 0) is 4.74 Å². The molecule has 1 aromatic rings. The molecule has 0 bridgehead atoms. The number of carbonyl (C=O) groups excluding carboxylic acids is 1. The van der Waals surface area contributed by atoms with Crippen molar-refractivity contribution in [1.29, 1.82) is 0 Å². The van der Waals surface area contributed by atoms with E-state index < -0.39 is 5.60 Å². The summed E-state index contributed by atoms with van der Waals surface area (Å²) in [4.78, 5) is 15.9. The Balaban J connectivity index is 1.93. The Hall–Kier alpha value is -1.46. The summed E-state index contributed by atoms with van der Waals surface area (Å²) in [5, 5.41) is 13.4. The van der Waals surface area contributed by atoms with Gasteiger partial charge >= 0.3 is 0 Å². The number of aromatic nitrogens is 1. The van der Waals surface area contributed by atoms with Crippen molar-refractivity contribution < 1.29 is 14.6 Å². The van der Waals surface area contributed by atoms with E-state index in [2.05, 4.69) is 10.3 Å². The molecule has 0 aliphatic heterocycles. The van der Waals surface area contributed by atoms with Crippen molar-refractivity contribution in [3.63, 3.8) is 0 Å². The lowest BCUT2D eigenvalue weighted by molar-refractivity contribution is -0.237. The Bertz CT molecular complexity index is 475. The minimum atomic E-state index is -0.933. The van der Waals surface area contributed by atoms with Crippen LogP contribution in [-0.4, -0.2) is 40.9 Å². The highest BCUT2D eigenvalue weighted by atomic mass is 16.5. The first kappa shape index (κ1) is 14.9. The lowest BCUT2D eigenvalue weighted by atomic mass is 9.56. The third-order valence-electron chi connectivity index (χ3n) is 4.33. The highest BCUT2D eigenvalue weighted by Crippen LogP contribution is 2.50. The van der Waals surface area contributed by atoms with Crippen molar-refractivity contribution >= 4 is 5.91 Å². The van der Waals surface area contributed by atoms with Gasteiger partial charge in [-0.05, 0) is 19.1 Å². The van der Waals surface area contributed by atoms with Gasteiger partial charge < -0.3 is 15.2 Å². The average Bonchev–Trinajstić information content (AvgIpc) is 2.45. The van der Waals surface area contributed by atoms with Crippen molar-refractivity contribution in [2.24, 2.45) is 5.41 Å². The van der Waals surface area contributed by atoms with Gasteiger partial charge in [-0.25, -0.2) is 0 Å². The van der Waals surface area contributed by atoms with Crippen molar-refractivity contribution in [1.82, 2.24) is 10.3 Å². The molecule has 0 spiro atoms.